The molecule has 7 nitrogen and oxygen atoms in total. The molecule has 8 heteroatoms. The SMILES string of the molecule is CCN1C(c2ccccc2)C(OCc2ccccc2)=C(c2ccccc2)[NH+]1CC.CCOS(=O)(=O)[O-]. The third kappa shape index (κ3) is 7.25. The van der Waals surface area contributed by atoms with Gasteiger partial charge in [-0.15, -0.1) is 5.01 Å². The summed E-state index contributed by atoms with van der Waals surface area (Å²) in [6.45, 7) is 8.29. The van der Waals surface area contributed by atoms with E-state index >= 15 is 0 Å². The predicted molar refractivity (Wildman–Crippen MR) is 139 cm³/mol. The molecule has 2 atom stereocenters. The van der Waals surface area contributed by atoms with Crippen molar-refractivity contribution in [2.45, 2.75) is 33.4 Å². The summed E-state index contributed by atoms with van der Waals surface area (Å²) in [4.78, 5) is 0. The summed E-state index contributed by atoms with van der Waals surface area (Å²) in [5.41, 5.74) is 4.94. The van der Waals surface area contributed by atoms with Crippen LogP contribution >= 0.6 is 0 Å². The van der Waals surface area contributed by atoms with Crippen molar-refractivity contribution in [1.29, 1.82) is 0 Å². The lowest BCUT2D eigenvalue weighted by atomic mass is 10.0. The van der Waals surface area contributed by atoms with Crippen molar-refractivity contribution in [3.63, 3.8) is 0 Å². The van der Waals surface area contributed by atoms with E-state index in [0.29, 0.717) is 6.61 Å². The normalized spacial score (nSPS) is 18.0. The van der Waals surface area contributed by atoms with Gasteiger partial charge in [-0.05, 0) is 44.0 Å². The van der Waals surface area contributed by atoms with E-state index in [1.165, 1.54) is 34.3 Å². The molecule has 1 heterocycles. The Morgan fingerprint density at radius 1 is 0.861 bits per heavy atom. The van der Waals surface area contributed by atoms with E-state index in [9.17, 15) is 13.0 Å². The van der Waals surface area contributed by atoms with Gasteiger partial charge in [0.05, 0.1) is 13.2 Å². The van der Waals surface area contributed by atoms with E-state index in [4.69, 9.17) is 4.74 Å². The van der Waals surface area contributed by atoms with Crippen molar-refractivity contribution in [1.82, 2.24) is 5.01 Å². The fourth-order valence-corrected chi connectivity index (χ4v) is 4.67. The van der Waals surface area contributed by atoms with Gasteiger partial charge in [0.15, 0.2) is 11.5 Å². The van der Waals surface area contributed by atoms with E-state index < -0.39 is 10.4 Å². The molecule has 0 fully saturated rings. The number of quaternary nitrogens is 1. The fourth-order valence-electron chi connectivity index (χ4n) is 4.38. The van der Waals surface area contributed by atoms with Gasteiger partial charge in [-0.25, -0.2) is 13.4 Å². The lowest BCUT2D eigenvalue weighted by Crippen LogP contribution is -3.14. The highest BCUT2D eigenvalue weighted by atomic mass is 32.3. The van der Waals surface area contributed by atoms with Gasteiger partial charge < -0.3 is 9.29 Å². The molecule has 0 aliphatic carbocycles. The number of ether oxygens (including phenoxy) is 1. The maximum atomic E-state index is 9.45. The Labute approximate surface area is 214 Å². The van der Waals surface area contributed by atoms with Gasteiger partial charge in [0, 0.05) is 12.1 Å². The summed E-state index contributed by atoms with van der Waals surface area (Å²) < 4.78 is 38.6. The molecule has 1 aliphatic rings. The Balaban J connectivity index is 0.000000454. The summed E-state index contributed by atoms with van der Waals surface area (Å²) in [6.07, 6.45) is 0. The third-order valence-corrected chi connectivity index (χ3v) is 6.32. The molecule has 0 aromatic heterocycles. The molecule has 1 N–H and O–H groups in total. The average molecular weight is 511 g/mol. The largest absolute Gasteiger partial charge is 0.726 e. The maximum absolute atomic E-state index is 9.45. The molecule has 3 aromatic rings. The monoisotopic (exact) mass is 510 g/mol. The van der Waals surface area contributed by atoms with E-state index in [2.05, 4.69) is 108 Å². The Hall–Kier alpha value is -3.01. The zero-order valence-corrected chi connectivity index (χ0v) is 21.8. The van der Waals surface area contributed by atoms with Crippen LogP contribution in [0, 0.1) is 0 Å². The first kappa shape index (κ1) is 27.6. The van der Waals surface area contributed by atoms with Crippen LogP contribution in [0.25, 0.3) is 5.70 Å². The van der Waals surface area contributed by atoms with Crippen molar-refractivity contribution < 1.29 is 26.9 Å². The van der Waals surface area contributed by atoms with Crippen LogP contribution < -0.4 is 5.01 Å². The minimum atomic E-state index is -4.42. The van der Waals surface area contributed by atoms with Crippen molar-refractivity contribution in [2.75, 3.05) is 19.7 Å². The molecule has 2 unspecified atom stereocenters. The Kier molecular flexibility index (Phi) is 10.2. The van der Waals surface area contributed by atoms with Crippen molar-refractivity contribution in [3.8, 4) is 0 Å². The van der Waals surface area contributed by atoms with E-state index in [1.807, 2.05) is 6.07 Å². The number of nitrogens with one attached hydrogen (secondary N) is 1. The van der Waals surface area contributed by atoms with Crippen LogP contribution in [0.2, 0.25) is 0 Å². The number of benzene rings is 3. The van der Waals surface area contributed by atoms with E-state index in [0.717, 1.165) is 18.8 Å². The highest BCUT2D eigenvalue weighted by Gasteiger charge is 2.45. The maximum Gasteiger partial charge on any atom is 0.217 e. The predicted octanol–water partition coefficient (Wildman–Crippen LogP) is 3.95. The summed E-state index contributed by atoms with van der Waals surface area (Å²) >= 11 is 0. The van der Waals surface area contributed by atoms with Crippen LogP contribution in [0.3, 0.4) is 0 Å². The molecule has 4 rings (SSSR count). The molecule has 3 aromatic carbocycles. The quantitative estimate of drug-likeness (QED) is 0.347. The average Bonchev–Trinajstić information content (AvgIpc) is 3.22. The minimum Gasteiger partial charge on any atom is -0.726 e. The van der Waals surface area contributed by atoms with Crippen LogP contribution in [-0.2, 0) is 25.9 Å². The van der Waals surface area contributed by atoms with Crippen molar-refractivity contribution in [3.05, 3.63) is 113 Å². The molecular weight excluding hydrogens is 476 g/mol. The lowest BCUT2D eigenvalue weighted by Gasteiger charge is -2.28. The standard InChI is InChI=1S/C26H28N2O.C2H6O4S/c1-3-27-24(22-16-10-6-11-17-22)26(29-20-21-14-8-5-9-15-21)25(28(27)4-2)23-18-12-7-13-19-23;1-2-6-7(3,4)5/h5-19,24H,3-4,20H2,1-2H3;2H2,1H3,(H,3,4,5). The second-order valence-corrected chi connectivity index (χ2v) is 9.15. The lowest BCUT2D eigenvalue weighted by molar-refractivity contribution is -0.948. The molecule has 0 spiro atoms. The number of hydrogen-bond donors (Lipinski definition) is 1. The Bertz CT molecular complexity index is 1200. The van der Waals surface area contributed by atoms with Crippen LogP contribution in [0.15, 0.2) is 96.8 Å². The fraction of sp³-hybridized carbons (Fsp3) is 0.286. The molecule has 0 radical (unpaired) electrons. The molecule has 36 heavy (non-hydrogen) atoms. The van der Waals surface area contributed by atoms with Crippen LogP contribution in [-0.4, -0.2) is 37.7 Å². The zero-order valence-electron chi connectivity index (χ0n) is 21.0. The summed E-state index contributed by atoms with van der Waals surface area (Å²) in [5, 5.41) is 3.86. The third-order valence-electron chi connectivity index (χ3n) is 5.79. The smallest absolute Gasteiger partial charge is 0.217 e. The number of nitrogens with zero attached hydrogens (tertiary/aromatic N) is 1. The topological polar surface area (TPSA) is 83.3 Å². The second kappa shape index (κ2) is 13.3. The van der Waals surface area contributed by atoms with Crippen LogP contribution in [0.4, 0.5) is 0 Å². The van der Waals surface area contributed by atoms with Gasteiger partial charge in [0.25, 0.3) is 0 Å². The van der Waals surface area contributed by atoms with Gasteiger partial charge in [-0.3, -0.25) is 4.18 Å². The number of hydrogen-bond acceptors (Lipinski definition) is 6. The van der Waals surface area contributed by atoms with Gasteiger partial charge in [0.1, 0.15) is 12.6 Å². The van der Waals surface area contributed by atoms with Gasteiger partial charge in [-0.1, -0.05) is 78.9 Å². The van der Waals surface area contributed by atoms with Crippen LogP contribution in [0.1, 0.15) is 43.5 Å². The first-order chi connectivity index (χ1) is 17.4. The summed E-state index contributed by atoms with van der Waals surface area (Å²) in [5.74, 6) is 1.06. The molecular formula is C28H34N2O5S. The summed E-state index contributed by atoms with van der Waals surface area (Å²) in [6, 6.07) is 31.9. The zero-order chi connectivity index (χ0) is 26.0. The number of rotatable bonds is 9. The number of likely N-dealkylation sites (N-methyl/N-ethyl adjacent to an activating group) is 1. The first-order valence-corrected chi connectivity index (χ1v) is 13.5. The molecule has 0 amide bonds. The Morgan fingerprint density at radius 2 is 1.42 bits per heavy atom. The van der Waals surface area contributed by atoms with Gasteiger partial charge in [0.2, 0.25) is 10.4 Å². The summed E-state index contributed by atoms with van der Waals surface area (Å²) in [7, 11) is -4.42. The Morgan fingerprint density at radius 3 is 1.89 bits per heavy atom. The first-order valence-electron chi connectivity index (χ1n) is 12.1. The second-order valence-electron chi connectivity index (χ2n) is 8.09. The van der Waals surface area contributed by atoms with Crippen molar-refractivity contribution >= 4 is 16.1 Å². The van der Waals surface area contributed by atoms with Crippen molar-refractivity contribution in [2.24, 2.45) is 0 Å². The highest BCUT2D eigenvalue weighted by molar-refractivity contribution is 7.80. The molecule has 192 valence electrons. The minimum absolute atomic E-state index is 0.0914. The molecule has 0 saturated carbocycles. The molecule has 0 bridgehead atoms. The molecule has 1 aliphatic heterocycles. The van der Waals surface area contributed by atoms with E-state index in [-0.39, 0.29) is 12.6 Å². The highest BCUT2D eigenvalue weighted by Crippen LogP contribution is 2.36. The van der Waals surface area contributed by atoms with Gasteiger partial charge >= 0.3 is 0 Å². The van der Waals surface area contributed by atoms with E-state index in [1.54, 1.807) is 0 Å². The molecule has 0 saturated heterocycles. The van der Waals surface area contributed by atoms with Crippen LogP contribution in [0.5, 0.6) is 0 Å². The van der Waals surface area contributed by atoms with Gasteiger partial charge in [-0.2, -0.15) is 0 Å².